The molecule has 2 N–H and O–H groups in total. The van der Waals surface area contributed by atoms with Crippen LogP contribution in [0, 0.1) is 10.1 Å². The van der Waals surface area contributed by atoms with Crippen LogP contribution in [0.3, 0.4) is 0 Å². The van der Waals surface area contributed by atoms with Crippen molar-refractivity contribution >= 4 is 11.6 Å². The van der Waals surface area contributed by atoms with E-state index in [4.69, 9.17) is 9.47 Å². The van der Waals surface area contributed by atoms with Crippen molar-refractivity contribution in [2.45, 2.75) is 19.5 Å². The van der Waals surface area contributed by atoms with Crippen LogP contribution in [0.4, 0.5) is 5.69 Å². The molecule has 0 bridgehead atoms. The van der Waals surface area contributed by atoms with Gasteiger partial charge in [0.2, 0.25) is 0 Å². The van der Waals surface area contributed by atoms with Crippen LogP contribution in [0.25, 0.3) is 0 Å². The Bertz CT molecular complexity index is 778. The Morgan fingerprint density at radius 2 is 1.86 bits per heavy atom. The summed E-state index contributed by atoms with van der Waals surface area (Å²) in [6.07, 6.45) is 0.851. The number of benzene rings is 2. The molecule has 0 saturated carbocycles. The van der Waals surface area contributed by atoms with Gasteiger partial charge in [-0.25, -0.2) is 4.99 Å². The lowest BCUT2D eigenvalue weighted by atomic mass is 10.2. The Hall–Kier alpha value is -3.13. The van der Waals surface area contributed by atoms with Gasteiger partial charge in [0.05, 0.1) is 18.6 Å². The number of nitrogens with zero attached hydrogens (tertiary/aromatic N) is 2. The van der Waals surface area contributed by atoms with Crippen molar-refractivity contribution in [3.8, 4) is 5.75 Å². The third-order valence-corrected chi connectivity index (χ3v) is 4.02. The lowest BCUT2D eigenvalue weighted by Crippen LogP contribution is -2.37. The van der Waals surface area contributed by atoms with Crippen LogP contribution in [0.2, 0.25) is 0 Å². The second kappa shape index (κ2) is 11.6. The minimum atomic E-state index is -0.412. The average Bonchev–Trinajstić information content (AvgIpc) is 2.73. The quantitative estimate of drug-likeness (QED) is 0.214. The van der Waals surface area contributed by atoms with E-state index in [9.17, 15) is 10.1 Å². The molecular formula is C20H26N4O4. The number of guanidine groups is 1. The Labute approximate surface area is 164 Å². The summed E-state index contributed by atoms with van der Waals surface area (Å²) in [6, 6.07) is 14.2. The van der Waals surface area contributed by atoms with Gasteiger partial charge in [0, 0.05) is 44.5 Å². The van der Waals surface area contributed by atoms with Crippen LogP contribution in [0.5, 0.6) is 5.75 Å². The van der Waals surface area contributed by atoms with Gasteiger partial charge in [-0.15, -0.1) is 0 Å². The van der Waals surface area contributed by atoms with Gasteiger partial charge in [-0.2, -0.15) is 0 Å². The monoisotopic (exact) mass is 386 g/mol. The largest absolute Gasteiger partial charge is 0.496 e. The number of para-hydroxylation sites is 1. The molecule has 150 valence electrons. The summed E-state index contributed by atoms with van der Waals surface area (Å²) in [5.74, 6) is 1.46. The van der Waals surface area contributed by atoms with E-state index in [1.807, 2.05) is 24.3 Å². The molecule has 28 heavy (non-hydrogen) atoms. The van der Waals surface area contributed by atoms with Crippen LogP contribution in [-0.4, -0.2) is 38.3 Å². The first kappa shape index (κ1) is 21.2. The lowest BCUT2D eigenvalue weighted by molar-refractivity contribution is -0.384. The summed E-state index contributed by atoms with van der Waals surface area (Å²) >= 11 is 0. The van der Waals surface area contributed by atoms with Gasteiger partial charge in [0.1, 0.15) is 5.75 Å². The van der Waals surface area contributed by atoms with Crippen molar-refractivity contribution in [1.82, 2.24) is 10.6 Å². The first-order valence-corrected chi connectivity index (χ1v) is 9.00. The molecule has 8 nitrogen and oxygen atoms in total. The van der Waals surface area contributed by atoms with Gasteiger partial charge in [0.25, 0.3) is 5.69 Å². The van der Waals surface area contributed by atoms with Crippen molar-refractivity contribution in [3.63, 3.8) is 0 Å². The number of nitro groups is 1. The zero-order chi connectivity index (χ0) is 20.2. The minimum absolute atomic E-state index is 0.0694. The Morgan fingerprint density at radius 3 is 2.54 bits per heavy atom. The molecule has 2 aromatic carbocycles. The van der Waals surface area contributed by atoms with Crippen LogP contribution >= 0.6 is 0 Å². The van der Waals surface area contributed by atoms with E-state index in [1.54, 1.807) is 26.4 Å². The second-order valence-corrected chi connectivity index (χ2v) is 6.03. The van der Waals surface area contributed by atoms with Crippen molar-refractivity contribution < 1.29 is 14.4 Å². The molecule has 0 aromatic heterocycles. The molecule has 0 atom stereocenters. The van der Waals surface area contributed by atoms with Crippen molar-refractivity contribution in [3.05, 3.63) is 69.8 Å². The highest BCUT2D eigenvalue weighted by Gasteiger charge is 2.06. The maximum Gasteiger partial charge on any atom is 0.269 e. The average molecular weight is 386 g/mol. The summed E-state index contributed by atoms with van der Waals surface area (Å²) in [5, 5.41) is 17.3. The smallest absolute Gasteiger partial charge is 0.269 e. The predicted octanol–water partition coefficient (Wildman–Crippen LogP) is 2.88. The number of ether oxygens (including phenoxy) is 2. The number of rotatable bonds is 10. The molecule has 0 saturated heterocycles. The summed E-state index contributed by atoms with van der Waals surface area (Å²) < 4.78 is 10.4. The first-order valence-electron chi connectivity index (χ1n) is 9.00. The molecule has 0 aliphatic heterocycles. The number of nitro benzene ring substituents is 1. The number of aliphatic imine (C=N–C) groups is 1. The number of hydrogen-bond donors (Lipinski definition) is 2. The lowest BCUT2D eigenvalue weighted by Gasteiger charge is -2.14. The highest BCUT2D eigenvalue weighted by Crippen LogP contribution is 2.16. The summed E-state index contributed by atoms with van der Waals surface area (Å²) in [6.45, 7) is 2.34. The Morgan fingerprint density at radius 1 is 1.11 bits per heavy atom. The van der Waals surface area contributed by atoms with Crippen molar-refractivity contribution in [2.75, 3.05) is 27.4 Å². The SMILES string of the molecule is COCCCNC(=NCc1ccc([N+](=O)[O-])cc1)NCc1ccccc1OC. The normalized spacial score (nSPS) is 11.1. The third-order valence-electron chi connectivity index (χ3n) is 4.02. The maximum atomic E-state index is 10.8. The van der Waals surface area contributed by atoms with Gasteiger partial charge < -0.3 is 20.1 Å². The second-order valence-electron chi connectivity index (χ2n) is 6.03. The van der Waals surface area contributed by atoms with E-state index in [0.29, 0.717) is 32.2 Å². The van der Waals surface area contributed by atoms with Gasteiger partial charge in [-0.1, -0.05) is 30.3 Å². The number of methoxy groups -OCH3 is 2. The molecule has 8 heteroatoms. The summed E-state index contributed by atoms with van der Waals surface area (Å²) in [7, 11) is 3.31. The van der Waals surface area contributed by atoms with Crippen LogP contribution in [0.1, 0.15) is 17.5 Å². The zero-order valence-corrected chi connectivity index (χ0v) is 16.2. The van der Waals surface area contributed by atoms with Crippen LogP contribution < -0.4 is 15.4 Å². The maximum absolute atomic E-state index is 10.8. The summed E-state index contributed by atoms with van der Waals surface area (Å²) in [4.78, 5) is 14.9. The molecular weight excluding hydrogens is 360 g/mol. The van der Waals surface area contributed by atoms with Gasteiger partial charge in [-0.3, -0.25) is 10.1 Å². The van der Waals surface area contributed by atoms with E-state index in [1.165, 1.54) is 12.1 Å². The van der Waals surface area contributed by atoms with Crippen molar-refractivity contribution in [1.29, 1.82) is 0 Å². The van der Waals surface area contributed by atoms with Gasteiger partial charge in [-0.05, 0) is 18.1 Å². The molecule has 0 fully saturated rings. The molecule has 0 radical (unpaired) electrons. The van der Waals surface area contributed by atoms with E-state index < -0.39 is 4.92 Å². The van der Waals surface area contributed by atoms with Gasteiger partial charge in [0.15, 0.2) is 5.96 Å². The zero-order valence-electron chi connectivity index (χ0n) is 16.2. The molecule has 0 spiro atoms. The van der Waals surface area contributed by atoms with Gasteiger partial charge >= 0.3 is 0 Å². The fraction of sp³-hybridized carbons (Fsp3) is 0.350. The molecule has 2 rings (SSSR count). The summed E-state index contributed by atoms with van der Waals surface area (Å²) in [5.41, 5.74) is 1.98. The van der Waals surface area contributed by atoms with Crippen molar-refractivity contribution in [2.24, 2.45) is 4.99 Å². The Kier molecular flexibility index (Phi) is 8.74. The van der Waals surface area contributed by atoms with Crippen LogP contribution in [-0.2, 0) is 17.8 Å². The molecule has 0 amide bonds. The van der Waals surface area contributed by atoms with E-state index in [2.05, 4.69) is 15.6 Å². The number of nitrogens with one attached hydrogen (secondary N) is 2. The highest BCUT2D eigenvalue weighted by atomic mass is 16.6. The van der Waals surface area contributed by atoms with E-state index in [-0.39, 0.29) is 5.69 Å². The fourth-order valence-electron chi connectivity index (χ4n) is 2.52. The topological polar surface area (TPSA) is 98.0 Å². The fourth-order valence-corrected chi connectivity index (χ4v) is 2.52. The molecule has 0 aliphatic carbocycles. The number of non-ortho nitro benzene ring substituents is 1. The molecule has 0 aliphatic rings. The standard InChI is InChI=1S/C20H26N4O4/c1-27-13-5-12-21-20(23-15-17-6-3-4-7-19(17)28-2)22-14-16-8-10-18(11-9-16)24(25)26/h3-4,6-11H,5,12-15H2,1-2H3,(H2,21,22,23). The highest BCUT2D eigenvalue weighted by molar-refractivity contribution is 5.79. The number of hydrogen-bond acceptors (Lipinski definition) is 5. The molecule has 0 heterocycles. The molecule has 2 aromatic rings. The van der Waals surface area contributed by atoms with E-state index >= 15 is 0 Å². The predicted molar refractivity (Wildman–Crippen MR) is 109 cm³/mol. The van der Waals surface area contributed by atoms with E-state index in [0.717, 1.165) is 23.3 Å². The minimum Gasteiger partial charge on any atom is -0.496 e. The third kappa shape index (κ3) is 6.88. The first-order chi connectivity index (χ1) is 13.6. The molecule has 0 unspecified atom stereocenters. The Balaban J connectivity index is 2.02. The van der Waals surface area contributed by atoms with Crippen LogP contribution in [0.15, 0.2) is 53.5 Å².